The van der Waals surface area contributed by atoms with E-state index in [2.05, 4.69) is 0 Å². The van der Waals surface area contributed by atoms with Gasteiger partial charge in [-0.25, -0.2) is 8.42 Å². The van der Waals surface area contributed by atoms with Gasteiger partial charge in [0.25, 0.3) is 0 Å². The van der Waals surface area contributed by atoms with Gasteiger partial charge in [-0.1, -0.05) is 0 Å². The van der Waals surface area contributed by atoms with Gasteiger partial charge in [-0.3, -0.25) is 0 Å². The van der Waals surface area contributed by atoms with Crippen LogP contribution in [-0.2, 0) is 23.4 Å². The maximum absolute atomic E-state index is 10.7. The molecule has 0 aliphatic carbocycles. The van der Waals surface area contributed by atoms with Gasteiger partial charge in [-0.15, -0.1) is 0 Å². The van der Waals surface area contributed by atoms with Crippen LogP contribution in [0.5, 0.6) is 0 Å². The Labute approximate surface area is 142 Å². The molecule has 0 aromatic carbocycles. The Kier molecular flexibility index (Phi) is 10.7. The lowest BCUT2D eigenvalue weighted by atomic mass is 10.3. The molecule has 0 saturated carbocycles. The highest BCUT2D eigenvalue weighted by atomic mass is 32.2. The van der Waals surface area contributed by atoms with Crippen molar-refractivity contribution in [2.45, 2.75) is 39.7 Å². The number of hydrogen-bond acceptors (Lipinski definition) is 6. The van der Waals surface area contributed by atoms with Crippen LogP contribution in [0.2, 0.25) is 6.04 Å². The normalized spacial score (nSPS) is 13.5. The summed E-state index contributed by atoms with van der Waals surface area (Å²) in [5.74, 6) is -0.301. The first kappa shape index (κ1) is 23.0. The van der Waals surface area contributed by atoms with Crippen molar-refractivity contribution in [3.05, 3.63) is 0 Å². The lowest BCUT2D eigenvalue weighted by molar-refractivity contribution is -0.890. The van der Waals surface area contributed by atoms with E-state index in [4.69, 9.17) is 13.3 Å². The fourth-order valence-corrected chi connectivity index (χ4v) is 5.58. The minimum atomic E-state index is -4.13. The molecule has 0 radical (unpaired) electrons. The van der Waals surface area contributed by atoms with Crippen molar-refractivity contribution >= 4 is 18.9 Å². The summed E-state index contributed by atoms with van der Waals surface area (Å²) < 4.78 is 50.1. The van der Waals surface area contributed by atoms with Crippen LogP contribution in [0, 0.1) is 0 Å². The standard InChI is InChI=1S/C14H33NO6SSi/c1-6-19-23(20-7-2,21-8-3)14-10-12-15(4,5)11-9-13-22(16,17)18/h6-14H2,1-5H3. The number of quaternary nitrogens is 1. The smallest absolute Gasteiger partial charge is 0.501 e. The topological polar surface area (TPSA) is 84.9 Å². The second-order valence-electron chi connectivity index (χ2n) is 6.08. The fourth-order valence-electron chi connectivity index (χ4n) is 2.51. The number of nitrogens with zero attached hydrogens (tertiary/aromatic N) is 1. The van der Waals surface area contributed by atoms with E-state index in [1.165, 1.54) is 0 Å². The Bertz CT molecular complexity index is 398. The molecule has 0 aliphatic heterocycles. The van der Waals surface area contributed by atoms with Crippen molar-refractivity contribution in [2.75, 3.05) is 52.8 Å². The zero-order valence-corrected chi connectivity index (χ0v) is 17.0. The van der Waals surface area contributed by atoms with E-state index >= 15 is 0 Å². The average Bonchev–Trinajstić information content (AvgIpc) is 2.37. The SMILES string of the molecule is CCO[Si](CCC[N+](C)(C)CCCS(=O)(=O)[O-])(OCC)OCC. The van der Waals surface area contributed by atoms with Gasteiger partial charge in [0.1, 0.15) is 0 Å². The molecule has 0 aromatic heterocycles. The second kappa shape index (κ2) is 10.8. The van der Waals surface area contributed by atoms with Gasteiger partial charge >= 0.3 is 8.80 Å². The monoisotopic (exact) mass is 371 g/mol. The first-order chi connectivity index (χ1) is 10.6. The third kappa shape index (κ3) is 11.2. The van der Waals surface area contributed by atoms with Crippen molar-refractivity contribution in [1.82, 2.24) is 0 Å². The molecule has 7 nitrogen and oxygen atoms in total. The highest BCUT2D eigenvalue weighted by molar-refractivity contribution is 7.85. The van der Waals surface area contributed by atoms with Crippen LogP contribution < -0.4 is 0 Å². The van der Waals surface area contributed by atoms with Crippen molar-refractivity contribution in [1.29, 1.82) is 0 Å². The van der Waals surface area contributed by atoms with Crippen molar-refractivity contribution in [3.8, 4) is 0 Å². The Balaban J connectivity index is 4.43. The molecular formula is C14H33NO6SSi. The van der Waals surface area contributed by atoms with E-state index in [1.54, 1.807) is 0 Å². The Morgan fingerprint density at radius 1 is 0.913 bits per heavy atom. The van der Waals surface area contributed by atoms with Crippen LogP contribution in [0.4, 0.5) is 0 Å². The van der Waals surface area contributed by atoms with Crippen LogP contribution in [-0.4, -0.2) is 79.0 Å². The van der Waals surface area contributed by atoms with E-state index in [0.717, 1.165) is 19.0 Å². The second-order valence-corrected chi connectivity index (χ2v) is 10.3. The van der Waals surface area contributed by atoms with Crippen molar-refractivity contribution < 1.29 is 30.7 Å². The quantitative estimate of drug-likeness (QED) is 0.261. The number of hydrogen-bond donors (Lipinski definition) is 0. The van der Waals surface area contributed by atoms with Gasteiger partial charge in [-0.05, 0) is 20.8 Å². The molecule has 23 heavy (non-hydrogen) atoms. The van der Waals surface area contributed by atoms with Gasteiger partial charge in [0.05, 0.1) is 37.3 Å². The molecule has 0 rings (SSSR count). The summed E-state index contributed by atoms with van der Waals surface area (Å²) in [5.41, 5.74) is 0. The first-order valence-electron chi connectivity index (χ1n) is 8.27. The van der Waals surface area contributed by atoms with E-state index < -0.39 is 18.9 Å². The zero-order chi connectivity index (χ0) is 18.0. The molecule has 0 unspecified atom stereocenters. The van der Waals surface area contributed by atoms with Crippen molar-refractivity contribution in [3.63, 3.8) is 0 Å². The molecule has 140 valence electrons. The van der Waals surface area contributed by atoms with Gasteiger partial charge in [-0.2, -0.15) is 0 Å². The lowest BCUT2D eigenvalue weighted by Crippen LogP contribution is -2.48. The average molecular weight is 372 g/mol. The van der Waals surface area contributed by atoms with Crippen LogP contribution in [0.1, 0.15) is 33.6 Å². The highest BCUT2D eigenvalue weighted by Gasteiger charge is 2.40. The minimum Gasteiger partial charge on any atom is -0.748 e. The summed E-state index contributed by atoms with van der Waals surface area (Å²) >= 11 is 0. The van der Waals surface area contributed by atoms with Gasteiger partial charge < -0.3 is 22.3 Å². The third-order valence-corrected chi connectivity index (χ3v) is 7.44. The molecule has 0 saturated heterocycles. The molecule has 0 aromatic rings. The molecule has 0 aliphatic rings. The fraction of sp³-hybridized carbons (Fsp3) is 1.00. The molecule has 0 heterocycles. The molecule has 0 amide bonds. The zero-order valence-electron chi connectivity index (χ0n) is 15.2. The Hall–Kier alpha value is -0.0331. The molecule has 0 fully saturated rings. The summed E-state index contributed by atoms with van der Waals surface area (Å²) in [6.07, 6.45) is 1.24. The van der Waals surface area contributed by atoms with E-state index in [1.807, 2.05) is 34.9 Å². The summed E-state index contributed by atoms with van der Waals surface area (Å²) in [5, 5.41) is 0. The summed E-state index contributed by atoms with van der Waals surface area (Å²) in [6, 6.07) is 0.740. The predicted molar refractivity (Wildman–Crippen MR) is 91.1 cm³/mol. The first-order valence-corrected chi connectivity index (χ1v) is 11.8. The highest BCUT2D eigenvalue weighted by Crippen LogP contribution is 2.19. The van der Waals surface area contributed by atoms with E-state index in [9.17, 15) is 13.0 Å². The van der Waals surface area contributed by atoms with Crippen LogP contribution in [0.15, 0.2) is 0 Å². The molecule has 0 spiro atoms. The summed E-state index contributed by atoms with van der Waals surface area (Å²) in [4.78, 5) is 0. The number of rotatable bonds is 14. The van der Waals surface area contributed by atoms with E-state index in [-0.39, 0.29) is 5.75 Å². The molecular weight excluding hydrogens is 338 g/mol. The molecule has 0 atom stereocenters. The molecule has 0 N–H and O–H groups in total. The van der Waals surface area contributed by atoms with Gasteiger partial charge in [0.15, 0.2) is 0 Å². The minimum absolute atomic E-state index is 0.301. The third-order valence-electron chi connectivity index (χ3n) is 3.50. The van der Waals surface area contributed by atoms with Gasteiger partial charge in [0.2, 0.25) is 0 Å². The maximum atomic E-state index is 10.7. The Morgan fingerprint density at radius 3 is 1.74 bits per heavy atom. The largest absolute Gasteiger partial charge is 0.748 e. The van der Waals surface area contributed by atoms with Crippen LogP contribution in [0.25, 0.3) is 0 Å². The maximum Gasteiger partial charge on any atom is 0.501 e. The van der Waals surface area contributed by atoms with Crippen molar-refractivity contribution in [2.24, 2.45) is 0 Å². The predicted octanol–water partition coefficient (Wildman–Crippen LogP) is 1.44. The van der Waals surface area contributed by atoms with E-state index in [0.29, 0.717) is 37.3 Å². The van der Waals surface area contributed by atoms with Crippen LogP contribution in [0.3, 0.4) is 0 Å². The van der Waals surface area contributed by atoms with Crippen LogP contribution >= 0.6 is 0 Å². The molecule has 0 bridgehead atoms. The van der Waals surface area contributed by atoms with Gasteiger partial charge in [0, 0.05) is 44.5 Å². The summed E-state index contributed by atoms with van der Waals surface area (Å²) in [6.45, 7) is 8.98. The lowest BCUT2D eigenvalue weighted by Gasteiger charge is -2.32. The summed E-state index contributed by atoms with van der Waals surface area (Å²) in [7, 11) is -2.68. The Morgan fingerprint density at radius 2 is 1.35 bits per heavy atom. The molecule has 9 heteroatoms.